The molecule has 1 aromatic carbocycles. The summed E-state index contributed by atoms with van der Waals surface area (Å²) in [5.74, 6) is 0.639. The van der Waals surface area contributed by atoms with Crippen LogP contribution in [0.4, 0.5) is 30.4 Å². The van der Waals surface area contributed by atoms with Crippen molar-refractivity contribution in [2.45, 2.75) is 32.4 Å². The molecule has 1 aliphatic rings. The van der Waals surface area contributed by atoms with Crippen molar-refractivity contribution in [3.8, 4) is 11.4 Å². The molecule has 0 aliphatic carbocycles. The summed E-state index contributed by atoms with van der Waals surface area (Å²) < 4.78 is 39.1. The molecule has 194 valence electrons. The minimum atomic E-state index is -4.64. The van der Waals surface area contributed by atoms with Crippen molar-refractivity contribution in [1.29, 1.82) is 0 Å². The summed E-state index contributed by atoms with van der Waals surface area (Å²) in [6, 6.07) is 7.21. The summed E-state index contributed by atoms with van der Waals surface area (Å²) in [6.07, 6.45) is 1.39. The Morgan fingerprint density at radius 2 is 1.84 bits per heavy atom. The predicted molar refractivity (Wildman–Crippen MR) is 140 cm³/mol. The van der Waals surface area contributed by atoms with Crippen LogP contribution in [0.3, 0.4) is 0 Å². The zero-order valence-corrected chi connectivity index (χ0v) is 21.1. The van der Waals surface area contributed by atoms with Gasteiger partial charge in [-0.2, -0.15) is 13.2 Å². The van der Waals surface area contributed by atoms with E-state index in [1.807, 2.05) is 32.0 Å². The molecule has 37 heavy (non-hydrogen) atoms. The third kappa shape index (κ3) is 5.73. The van der Waals surface area contributed by atoms with E-state index in [2.05, 4.69) is 21.8 Å². The van der Waals surface area contributed by atoms with Crippen LogP contribution in [0.1, 0.15) is 46.6 Å². The molecule has 0 spiro atoms. The number of benzene rings is 1. The van der Waals surface area contributed by atoms with Gasteiger partial charge in [0.25, 0.3) is 5.91 Å². The van der Waals surface area contributed by atoms with E-state index >= 15 is 0 Å². The third-order valence-corrected chi connectivity index (χ3v) is 6.24. The summed E-state index contributed by atoms with van der Waals surface area (Å²) in [7, 11) is 3.90. The first kappa shape index (κ1) is 26.1. The van der Waals surface area contributed by atoms with Gasteiger partial charge in [0.05, 0.1) is 5.69 Å². The molecule has 7 nitrogen and oxygen atoms in total. The number of amides is 1. The molecule has 1 amide bonds. The molecule has 0 radical (unpaired) electrons. The standard InChI is InChI=1S/C27H29F3N6O/c1-5-21-23(35(3)4)25(36-13-7-6-8-14-36)34-24(33-21)20-16-19(10-9-17(20)2)32-26(37)18-11-12-31-22(15-18)27(28,29)30/h5,9-12,15-16H,1,6-8,13-14H2,2-4H3,(H,32,37). The topological polar surface area (TPSA) is 74.2 Å². The van der Waals surface area contributed by atoms with Crippen molar-refractivity contribution >= 4 is 29.2 Å². The second-order valence-electron chi connectivity index (χ2n) is 9.16. The number of nitrogens with zero attached hydrogens (tertiary/aromatic N) is 5. The van der Waals surface area contributed by atoms with Gasteiger partial charge in [0.2, 0.25) is 0 Å². The van der Waals surface area contributed by atoms with Gasteiger partial charge in [-0.25, -0.2) is 9.97 Å². The highest BCUT2D eigenvalue weighted by Gasteiger charge is 2.33. The highest BCUT2D eigenvalue weighted by molar-refractivity contribution is 6.04. The van der Waals surface area contributed by atoms with Gasteiger partial charge in [-0.05, 0) is 62.1 Å². The van der Waals surface area contributed by atoms with Crippen molar-refractivity contribution in [3.63, 3.8) is 0 Å². The predicted octanol–water partition coefficient (Wildman–Crippen LogP) is 5.82. The Hall–Kier alpha value is -3.95. The van der Waals surface area contributed by atoms with E-state index in [1.54, 1.807) is 18.2 Å². The van der Waals surface area contributed by atoms with E-state index < -0.39 is 17.8 Å². The number of rotatable bonds is 6. The minimum Gasteiger partial charge on any atom is -0.373 e. The van der Waals surface area contributed by atoms with Gasteiger partial charge in [0.1, 0.15) is 11.4 Å². The molecule has 10 heteroatoms. The normalized spacial score (nSPS) is 13.8. The Morgan fingerprint density at radius 1 is 1.11 bits per heavy atom. The quantitative estimate of drug-likeness (QED) is 0.451. The number of carbonyl (C=O) groups excluding carboxylic acids is 1. The molecule has 1 fully saturated rings. The maximum Gasteiger partial charge on any atom is 0.433 e. The van der Waals surface area contributed by atoms with E-state index in [1.165, 1.54) is 12.5 Å². The molecule has 0 unspecified atom stereocenters. The van der Waals surface area contributed by atoms with Crippen LogP contribution in [0.25, 0.3) is 17.5 Å². The average molecular weight is 511 g/mol. The molecule has 1 aliphatic heterocycles. The lowest BCUT2D eigenvalue weighted by molar-refractivity contribution is -0.141. The first-order valence-electron chi connectivity index (χ1n) is 12.0. The van der Waals surface area contributed by atoms with Crippen LogP contribution in [0.2, 0.25) is 0 Å². The SMILES string of the molecule is C=Cc1nc(-c2cc(NC(=O)c3ccnc(C(F)(F)F)c3)ccc2C)nc(N2CCCCC2)c1N(C)C. The lowest BCUT2D eigenvalue weighted by Gasteiger charge is -2.32. The van der Waals surface area contributed by atoms with Gasteiger partial charge in [0.15, 0.2) is 11.6 Å². The zero-order chi connectivity index (χ0) is 26.7. The lowest BCUT2D eigenvalue weighted by atomic mass is 10.1. The highest BCUT2D eigenvalue weighted by Crippen LogP contribution is 2.35. The Balaban J connectivity index is 1.71. The second-order valence-corrected chi connectivity index (χ2v) is 9.16. The van der Waals surface area contributed by atoms with E-state index in [9.17, 15) is 18.0 Å². The fourth-order valence-corrected chi connectivity index (χ4v) is 4.35. The molecule has 1 saturated heterocycles. The number of hydrogen-bond acceptors (Lipinski definition) is 6. The Morgan fingerprint density at radius 3 is 2.49 bits per heavy atom. The van der Waals surface area contributed by atoms with Crippen LogP contribution in [0, 0.1) is 6.92 Å². The number of alkyl halides is 3. The number of piperidine rings is 1. The van der Waals surface area contributed by atoms with Gasteiger partial charge in [-0.3, -0.25) is 9.78 Å². The zero-order valence-electron chi connectivity index (χ0n) is 21.1. The smallest absolute Gasteiger partial charge is 0.373 e. The molecule has 3 heterocycles. The molecule has 4 rings (SSSR count). The largest absolute Gasteiger partial charge is 0.433 e. The summed E-state index contributed by atoms with van der Waals surface area (Å²) in [5, 5.41) is 2.68. The van der Waals surface area contributed by atoms with Crippen molar-refractivity contribution in [3.05, 3.63) is 65.6 Å². The van der Waals surface area contributed by atoms with Crippen molar-refractivity contribution in [2.24, 2.45) is 0 Å². The first-order valence-corrected chi connectivity index (χ1v) is 12.0. The van der Waals surface area contributed by atoms with Gasteiger partial charge < -0.3 is 15.1 Å². The van der Waals surface area contributed by atoms with Crippen molar-refractivity contribution in [2.75, 3.05) is 42.3 Å². The van der Waals surface area contributed by atoms with E-state index in [-0.39, 0.29) is 5.56 Å². The van der Waals surface area contributed by atoms with Crippen LogP contribution in [-0.2, 0) is 6.18 Å². The Labute approximate surface area is 214 Å². The van der Waals surface area contributed by atoms with Gasteiger partial charge in [-0.15, -0.1) is 0 Å². The second kappa shape index (κ2) is 10.6. The first-order chi connectivity index (χ1) is 17.6. The number of anilines is 3. The monoisotopic (exact) mass is 510 g/mol. The number of hydrogen-bond donors (Lipinski definition) is 1. The number of aryl methyl sites for hydroxylation is 1. The van der Waals surface area contributed by atoms with E-state index in [0.717, 1.165) is 55.3 Å². The van der Waals surface area contributed by atoms with Gasteiger partial charge in [-0.1, -0.05) is 12.6 Å². The number of aromatic nitrogens is 3. The van der Waals surface area contributed by atoms with Crippen molar-refractivity contribution < 1.29 is 18.0 Å². The number of carbonyl (C=O) groups is 1. The molecule has 0 atom stereocenters. The molecule has 3 aromatic rings. The summed E-state index contributed by atoms with van der Waals surface area (Å²) in [6.45, 7) is 7.66. The Kier molecular flexibility index (Phi) is 7.47. The van der Waals surface area contributed by atoms with E-state index in [0.29, 0.717) is 22.8 Å². The highest BCUT2D eigenvalue weighted by atomic mass is 19.4. The number of nitrogens with one attached hydrogen (secondary N) is 1. The van der Waals surface area contributed by atoms with Crippen LogP contribution in [0.15, 0.2) is 43.1 Å². The van der Waals surface area contributed by atoms with Gasteiger partial charge in [0, 0.05) is 50.2 Å². The van der Waals surface area contributed by atoms with Crippen LogP contribution < -0.4 is 15.1 Å². The third-order valence-electron chi connectivity index (χ3n) is 6.24. The average Bonchev–Trinajstić information content (AvgIpc) is 2.89. The Bertz CT molecular complexity index is 1320. The summed E-state index contributed by atoms with van der Waals surface area (Å²) in [4.78, 5) is 30.0. The van der Waals surface area contributed by atoms with Crippen LogP contribution in [-0.4, -0.2) is 48.0 Å². The molecule has 0 saturated carbocycles. The van der Waals surface area contributed by atoms with Gasteiger partial charge >= 0.3 is 6.18 Å². The summed E-state index contributed by atoms with van der Waals surface area (Å²) in [5.41, 5.74) is 2.32. The maximum absolute atomic E-state index is 13.0. The maximum atomic E-state index is 13.0. The fraction of sp³-hybridized carbons (Fsp3) is 0.333. The molecule has 0 bridgehead atoms. The molecule has 1 N–H and O–H groups in total. The van der Waals surface area contributed by atoms with Crippen molar-refractivity contribution in [1.82, 2.24) is 15.0 Å². The fourth-order valence-electron chi connectivity index (χ4n) is 4.35. The lowest BCUT2D eigenvalue weighted by Crippen LogP contribution is -2.32. The molecular formula is C27H29F3N6O. The summed E-state index contributed by atoms with van der Waals surface area (Å²) >= 11 is 0. The van der Waals surface area contributed by atoms with Crippen LogP contribution in [0.5, 0.6) is 0 Å². The molecule has 2 aromatic heterocycles. The van der Waals surface area contributed by atoms with Crippen LogP contribution >= 0.6 is 0 Å². The minimum absolute atomic E-state index is 0.141. The number of halogens is 3. The molecular weight excluding hydrogens is 481 g/mol. The number of pyridine rings is 1. The van der Waals surface area contributed by atoms with E-state index in [4.69, 9.17) is 9.97 Å².